The molecule has 0 spiro atoms. The number of rotatable bonds is 6. The van der Waals surface area contributed by atoms with E-state index in [1.165, 1.54) is 11.1 Å². The number of hydrogen-bond donors (Lipinski definition) is 3. The molecule has 0 bridgehead atoms. The maximum atomic E-state index is 10.7. The minimum Gasteiger partial charge on any atom is -0.478 e. The summed E-state index contributed by atoms with van der Waals surface area (Å²) in [5, 5.41) is 26.3. The standard InChI is InChI=1S/C20H25NO.C4H4O4/c1-2-21-15-9-14-18(22)20(21)19(16-10-5-3-6-11-16)17-12-7-4-8-13-17;5-3(6)1-2-4(7)8/h3-8,10-13,18-20,22H,2,9,14-15H2,1H3;1-2H,(H,5,6)(H,7,8)/b;2-1-. The monoisotopic (exact) mass is 411 g/mol. The van der Waals surface area contributed by atoms with Gasteiger partial charge in [-0.15, -0.1) is 0 Å². The molecule has 2 unspecified atom stereocenters. The summed E-state index contributed by atoms with van der Waals surface area (Å²) >= 11 is 0. The third-order valence-electron chi connectivity index (χ3n) is 5.19. The second-order valence-corrected chi connectivity index (χ2v) is 7.14. The Bertz CT molecular complexity index is 767. The summed E-state index contributed by atoms with van der Waals surface area (Å²) in [5.41, 5.74) is 2.58. The van der Waals surface area contributed by atoms with Gasteiger partial charge in [0, 0.05) is 24.1 Å². The number of likely N-dealkylation sites (N-methyl/N-ethyl adjacent to an activating group) is 1. The number of aliphatic hydroxyl groups excluding tert-OH is 1. The van der Waals surface area contributed by atoms with E-state index in [2.05, 4.69) is 72.5 Å². The minimum absolute atomic E-state index is 0.156. The van der Waals surface area contributed by atoms with E-state index in [1.807, 2.05) is 0 Å². The van der Waals surface area contributed by atoms with Crippen LogP contribution in [0.25, 0.3) is 0 Å². The first-order chi connectivity index (χ1) is 14.4. The van der Waals surface area contributed by atoms with Crippen LogP contribution in [-0.4, -0.2) is 57.4 Å². The number of piperidine rings is 1. The van der Waals surface area contributed by atoms with Crippen molar-refractivity contribution in [3.05, 3.63) is 83.9 Å². The quantitative estimate of drug-likeness (QED) is 0.631. The van der Waals surface area contributed by atoms with Crippen molar-refractivity contribution in [2.24, 2.45) is 0 Å². The number of carboxylic acids is 2. The summed E-state index contributed by atoms with van der Waals surface area (Å²) in [6.07, 6.45) is 2.84. The summed E-state index contributed by atoms with van der Waals surface area (Å²) in [6.45, 7) is 4.25. The van der Waals surface area contributed by atoms with E-state index in [9.17, 15) is 14.7 Å². The highest BCUT2D eigenvalue weighted by atomic mass is 16.4. The molecule has 2 aromatic carbocycles. The second kappa shape index (κ2) is 11.9. The van der Waals surface area contributed by atoms with Crippen molar-refractivity contribution in [3.8, 4) is 0 Å². The number of carboxylic acid groups (broad SMARTS) is 2. The molecule has 3 rings (SSSR count). The predicted molar refractivity (Wildman–Crippen MR) is 115 cm³/mol. The van der Waals surface area contributed by atoms with E-state index in [0.717, 1.165) is 25.9 Å². The molecule has 6 heteroatoms. The number of carbonyl (C=O) groups is 2. The van der Waals surface area contributed by atoms with Crippen molar-refractivity contribution in [3.63, 3.8) is 0 Å². The average Bonchev–Trinajstić information content (AvgIpc) is 2.75. The van der Waals surface area contributed by atoms with E-state index in [-0.39, 0.29) is 18.1 Å². The number of aliphatic carboxylic acids is 2. The van der Waals surface area contributed by atoms with Gasteiger partial charge in [-0.1, -0.05) is 67.6 Å². The molecule has 1 fully saturated rings. The molecule has 3 N–H and O–H groups in total. The van der Waals surface area contributed by atoms with Gasteiger partial charge in [0.2, 0.25) is 0 Å². The van der Waals surface area contributed by atoms with Gasteiger partial charge in [-0.3, -0.25) is 4.90 Å². The van der Waals surface area contributed by atoms with Gasteiger partial charge in [0.1, 0.15) is 0 Å². The van der Waals surface area contributed by atoms with Crippen LogP contribution in [0.2, 0.25) is 0 Å². The largest absolute Gasteiger partial charge is 0.478 e. The van der Waals surface area contributed by atoms with E-state index in [4.69, 9.17) is 10.2 Å². The minimum atomic E-state index is -1.26. The molecule has 0 aromatic heterocycles. The summed E-state index contributed by atoms with van der Waals surface area (Å²) in [4.78, 5) is 21.6. The molecular weight excluding hydrogens is 382 g/mol. The molecule has 1 aliphatic heterocycles. The van der Waals surface area contributed by atoms with Crippen molar-refractivity contribution < 1.29 is 24.9 Å². The molecule has 2 atom stereocenters. The highest BCUT2D eigenvalue weighted by Crippen LogP contribution is 2.35. The lowest BCUT2D eigenvalue weighted by atomic mass is 9.79. The highest BCUT2D eigenvalue weighted by molar-refractivity contribution is 5.89. The maximum Gasteiger partial charge on any atom is 0.328 e. The molecule has 30 heavy (non-hydrogen) atoms. The summed E-state index contributed by atoms with van der Waals surface area (Å²) in [5.74, 6) is -2.29. The Morgan fingerprint density at radius 3 is 1.83 bits per heavy atom. The van der Waals surface area contributed by atoms with E-state index in [1.54, 1.807) is 0 Å². The van der Waals surface area contributed by atoms with Gasteiger partial charge in [-0.25, -0.2) is 9.59 Å². The zero-order valence-corrected chi connectivity index (χ0v) is 17.1. The zero-order valence-electron chi connectivity index (χ0n) is 17.1. The molecule has 1 heterocycles. The zero-order chi connectivity index (χ0) is 21.9. The van der Waals surface area contributed by atoms with Crippen LogP contribution in [0.3, 0.4) is 0 Å². The van der Waals surface area contributed by atoms with Gasteiger partial charge >= 0.3 is 11.9 Å². The number of aliphatic hydroxyl groups is 1. The number of benzene rings is 2. The molecule has 0 aliphatic carbocycles. The Hall–Kier alpha value is -2.96. The smallest absolute Gasteiger partial charge is 0.328 e. The third kappa shape index (κ3) is 6.83. The fraction of sp³-hybridized carbons (Fsp3) is 0.333. The molecule has 1 saturated heterocycles. The fourth-order valence-electron chi connectivity index (χ4n) is 3.92. The summed E-state index contributed by atoms with van der Waals surface area (Å²) in [7, 11) is 0. The van der Waals surface area contributed by atoms with E-state index >= 15 is 0 Å². The van der Waals surface area contributed by atoms with Crippen molar-refractivity contribution in [1.29, 1.82) is 0 Å². The Labute approximate surface area is 177 Å². The first kappa shape index (κ1) is 23.3. The molecule has 6 nitrogen and oxygen atoms in total. The number of nitrogens with zero attached hydrogens (tertiary/aromatic N) is 1. The Morgan fingerprint density at radius 1 is 0.967 bits per heavy atom. The lowest BCUT2D eigenvalue weighted by Gasteiger charge is -2.43. The fourth-order valence-corrected chi connectivity index (χ4v) is 3.92. The van der Waals surface area contributed by atoms with Crippen LogP contribution >= 0.6 is 0 Å². The van der Waals surface area contributed by atoms with Gasteiger partial charge < -0.3 is 15.3 Å². The topological polar surface area (TPSA) is 98.1 Å². The van der Waals surface area contributed by atoms with Gasteiger partial charge in [-0.2, -0.15) is 0 Å². The van der Waals surface area contributed by atoms with Crippen LogP contribution in [0.1, 0.15) is 36.8 Å². The van der Waals surface area contributed by atoms with Crippen molar-refractivity contribution in [2.45, 2.75) is 37.8 Å². The second-order valence-electron chi connectivity index (χ2n) is 7.14. The Kier molecular flexibility index (Phi) is 9.25. The average molecular weight is 411 g/mol. The van der Waals surface area contributed by atoms with Crippen molar-refractivity contribution in [2.75, 3.05) is 13.1 Å². The molecule has 1 aliphatic rings. The molecule has 160 valence electrons. The highest BCUT2D eigenvalue weighted by Gasteiger charge is 2.37. The first-order valence-corrected chi connectivity index (χ1v) is 10.1. The van der Waals surface area contributed by atoms with Crippen molar-refractivity contribution in [1.82, 2.24) is 4.90 Å². The lowest BCUT2D eigenvalue weighted by Crippen LogP contribution is -2.51. The Morgan fingerprint density at radius 2 is 1.43 bits per heavy atom. The molecule has 0 amide bonds. The van der Waals surface area contributed by atoms with Gasteiger partial charge in [0.15, 0.2) is 0 Å². The van der Waals surface area contributed by atoms with Crippen LogP contribution in [0.5, 0.6) is 0 Å². The van der Waals surface area contributed by atoms with Gasteiger partial charge in [-0.05, 0) is 37.1 Å². The van der Waals surface area contributed by atoms with Gasteiger partial charge in [0.25, 0.3) is 0 Å². The number of likely N-dealkylation sites (tertiary alicyclic amines) is 1. The third-order valence-corrected chi connectivity index (χ3v) is 5.19. The molecule has 2 aromatic rings. The number of hydrogen-bond acceptors (Lipinski definition) is 4. The first-order valence-electron chi connectivity index (χ1n) is 10.1. The van der Waals surface area contributed by atoms with Gasteiger partial charge in [0.05, 0.1) is 6.10 Å². The summed E-state index contributed by atoms with van der Waals surface area (Å²) < 4.78 is 0. The van der Waals surface area contributed by atoms with E-state index < -0.39 is 11.9 Å². The van der Waals surface area contributed by atoms with E-state index in [0.29, 0.717) is 12.2 Å². The molecule has 0 radical (unpaired) electrons. The molecule has 0 saturated carbocycles. The van der Waals surface area contributed by atoms with Crippen LogP contribution < -0.4 is 0 Å². The summed E-state index contributed by atoms with van der Waals surface area (Å²) in [6, 6.07) is 21.4. The SMILES string of the molecule is CCN1CCCC(O)C1C(c1ccccc1)c1ccccc1.O=C(O)/C=C\C(=O)O. The van der Waals surface area contributed by atoms with Crippen LogP contribution in [-0.2, 0) is 9.59 Å². The maximum absolute atomic E-state index is 10.7. The lowest BCUT2D eigenvalue weighted by molar-refractivity contribution is -0.134. The normalized spacial score (nSPS) is 19.3. The Balaban J connectivity index is 0.000000343. The van der Waals surface area contributed by atoms with Crippen molar-refractivity contribution >= 4 is 11.9 Å². The van der Waals surface area contributed by atoms with Crippen LogP contribution in [0.15, 0.2) is 72.8 Å². The van der Waals surface area contributed by atoms with Crippen LogP contribution in [0.4, 0.5) is 0 Å². The van der Waals surface area contributed by atoms with Crippen LogP contribution in [0, 0.1) is 0 Å². The molecular formula is C24H29NO5. The predicted octanol–water partition coefficient (Wildman–Crippen LogP) is 3.38.